The molecule has 0 aliphatic heterocycles. The van der Waals surface area contributed by atoms with E-state index in [9.17, 15) is 14.4 Å². The molecule has 0 saturated carbocycles. The number of carbonyl (C=O) groups is 3. The van der Waals surface area contributed by atoms with Crippen LogP contribution in [0.25, 0.3) is 0 Å². The molecule has 0 fully saturated rings. The van der Waals surface area contributed by atoms with E-state index in [1.807, 2.05) is 32.0 Å². The smallest absolute Gasteiger partial charge is 0.408 e. The number of carbonyl (C=O) groups excluding carboxylic acids is 3. The van der Waals surface area contributed by atoms with Crippen molar-refractivity contribution in [3.8, 4) is 0 Å². The quantitative estimate of drug-likeness (QED) is 0.332. The SMILES string of the molecule is CCc1ccccc1NCCSC(=O)NNC(=O)[C@@H](CC(C)C)NC(=O)OC(C)(C)C. The number of benzene rings is 1. The van der Waals surface area contributed by atoms with E-state index in [-0.39, 0.29) is 11.2 Å². The first-order chi connectivity index (χ1) is 14.5. The molecule has 0 radical (unpaired) electrons. The first-order valence-electron chi connectivity index (χ1n) is 10.6. The van der Waals surface area contributed by atoms with Crippen LogP contribution in [-0.4, -0.2) is 41.2 Å². The Labute approximate surface area is 189 Å². The van der Waals surface area contributed by atoms with Crippen LogP contribution < -0.4 is 21.5 Å². The van der Waals surface area contributed by atoms with Gasteiger partial charge in [0.15, 0.2) is 0 Å². The molecule has 0 aromatic heterocycles. The second-order valence-electron chi connectivity index (χ2n) is 8.52. The maximum Gasteiger partial charge on any atom is 0.408 e. The Bertz CT molecular complexity index is 734. The number of thioether (sulfide) groups is 1. The van der Waals surface area contributed by atoms with E-state index in [2.05, 4.69) is 34.5 Å². The lowest BCUT2D eigenvalue weighted by Gasteiger charge is -2.24. The molecule has 8 nitrogen and oxygen atoms in total. The maximum atomic E-state index is 12.5. The normalized spacial score (nSPS) is 12.1. The first kappa shape index (κ1) is 26.6. The highest BCUT2D eigenvalue weighted by atomic mass is 32.2. The summed E-state index contributed by atoms with van der Waals surface area (Å²) < 4.78 is 5.22. The molecule has 0 bridgehead atoms. The highest BCUT2D eigenvalue weighted by Gasteiger charge is 2.25. The van der Waals surface area contributed by atoms with E-state index in [1.165, 1.54) is 5.56 Å². The Morgan fingerprint density at radius 1 is 1.10 bits per heavy atom. The number of amides is 3. The molecule has 1 rings (SSSR count). The lowest BCUT2D eigenvalue weighted by atomic mass is 10.0. The van der Waals surface area contributed by atoms with Gasteiger partial charge in [-0.3, -0.25) is 20.4 Å². The molecule has 0 aliphatic carbocycles. The van der Waals surface area contributed by atoms with Gasteiger partial charge in [0.1, 0.15) is 11.6 Å². The molecule has 1 aromatic rings. The van der Waals surface area contributed by atoms with E-state index < -0.39 is 23.6 Å². The van der Waals surface area contributed by atoms with Crippen LogP contribution >= 0.6 is 11.8 Å². The van der Waals surface area contributed by atoms with Gasteiger partial charge < -0.3 is 15.4 Å². The number of para-hydroxylation sites is 1. The zero-order valence-corrected chi connectivity index (χ0v) is 20.2. The molecule has 3 amide bonds. The van der Waals surface area contributed by atoms with Gasteiger partial charge in [0.2, 0.25) is 0 Å². The van der Waals surface area contributed by atoms with Gasteiger partial charge in [0, 0.05) is 18.0 Å². The Morgan fingerprint density at radius 3 is 2.39 bits per heavy atom. The number of hydrogen-bond acceptors (Lipinski definition) is 6. The number of aryl methyl sites for hydroxylation is 1. The molecule has 1 atom stereocenters. The molecule has 4 N–H and O–H groups in total. The topological polar surface area (TPSA) is 109 Å². The van der Waals surface area contributed by atoms with Crippen LogP contribution in [0.4, 0.5) is 15.3 Å². The molecule has 174 valence electrons. The number of nitrogens with one attached hydrogen (secondary N) is 4. The summed E-state index contributed by atoms with van der Waals surface area (Å²) in [6, 6.07) is 7.23. The molecular weight excluding hydrogens is 416 g/mol. The number of ether oxygens (including phenoxy) is 1. The van der Waals surface area contributed by atoms with Crippen LogP contribution in [0.5, 0.6) is 0 Å². The lowest BCUT2D eigenvalue weighted by Crippen LogP contribution is -2.52. The minimum atomic E-state index is -0.813. The van der Waals surface area contributed by atoms with Gasteiger partial charge >= 0.3 is 6.09 Å². The summed E-state index contributed by atoms with van der Waals surface area (Å²) in [5.74, 6) is 0.196. The molecule has 0 unspecified atom stereocenters. The zero-order valence-electron chi connectivity index (χ0n) is 19.3. The monoisotopic (exact) mass is 452 g/mol. The number of anilines is 1. The second-order valence-corrected chi connectivity index (χ2v) is 9.58. The predicted octanol–water partition coefficient (Wildman–Crippen LogP) is 4.07. The Hall–Kier alpha value is -2.42. The molecule has 0 aliphatic rings. The van der Waals surface area contributed by atoms with E-state index in [0.29, 0.717) is 18.7 Å². The minimum Gasteiger partial charge on any atom is -0.444 e. The minimum absolute atomic E-state index is 0.160. The molecular formula is C22H36N4O4S. The van der Waals surface area contributed by atoms with E-state index in [4.69, 9.17) is 4.74 Å². The van der Waals surface area contributed by atoms with Crippen LogP contribution in [-0.2, 0) is 16.0 Å². The van der Waals surface area contributed by atoms with Gasteiger partial charge in [-0.2, -0.15) is 0 Å². The summed E-state index contributed by atoms with van der Waals surface area (Å²) in [6.07, 6.45) is 0.666. The molecule has 0 heterocycles. The highest BCUT2D eigenvalue weighted by Crippen LogP contribution is 2.15. The lowest BCUT2D eigenvalue weighted by molar-refractivity contribution is -0.124. The number of rotatable bonds is 9. The Balaban J connectivity index is 2.42. The fourth-order valence-corrected chi connectivity index (χ4v) is 3.23. The van der Waals surface area contributed by atoms with Crippen molar-refractivity contribution in [2.75, 3.05) is 17.6 Å². The van der Waals surface area contributed by atoms with Crippen LogP contribution in [0.3, 0.4) is 0 Å². The standard InChI is InChI=1S/C22H36N4O4S/c1-7-16-10-8-9-11-17(16)23-12-13-31-21(29)26-25-19(27)18(14-15(2)3)24-20(28)30-22(4,5)6/h8-11,15,18,23H,7,12-14H2,1-6H3,(H,24,28)(H,25,27)(H,26,29)/t18-/m1/s1. The van der Waals surface area contributed by atoms with Crippen molar-refractivity contribution in [1.82, 2.24) is 16.2 Å². The summed E-state index contributed by atoms with van der Waals surface area (Å²) in [7, 11) is 0. The van der Waals surface area contributed by atoms with Crippen LogP contribution in [0.15, 0.2) is 24.3 Å². The van der Waals surface area contributed by atoms with Crippen molar-refractivity contribution in [2.24, 2.45) is 5.92 Å². The fourth-order valence-electron chi connectivity index (χ4n) is 2.72. The third-order valence-electron chi connectivity index (χ3n) is 4.05. The molecule has 0 saturated heterocycles. The van der Waals surface area contributed by atoms with Crippen molar-refractivity contribution < 1.29 is 19.1 Å². The highest BCUT2D eigenvalue weighted by molar-refractivity contribution is 8.13. The van der Waals surface area contributed by atoms with Crippen molar-refractivity contribution in [3.05, 3.63) is 29.8 Å². The van der Waals surface area contributed by atoms with Crippen LogP contribution in [0.2, 0.25) is 0 Å². The van der Waals surface area contributed by atoms with Crippen LogP contribution in [0, 0.1) is 5.92 Å². The molecule has 31 heavy (non-hydrogen) atoms. The predicted molar refractivity (Wildman–Crippen MR) is 126 cm³/mol. The third kappa shape index (κ3) is 11.5. The summed E-state index contributed by atoms with van der Waals surface area (Å²) in [5.41, 5.74) is 6.38. The molecule has 9 heteroatoms. The summed E-state index contributed by atoms with van der Waals surface area (Å²) in [4.78, 5) is 36.5. The van der Waals surface area contributed by atoms with E-state index in [0.717, 1.165) is 23.9 Å². The third-order valence-corrected chi connectivity index (χ3v) is 4.82. The van der Waals surface area contributed by atoms with Crippen molar-refractivity contribution in [2.45, 2.75) is 66.0 Å². The Morgan fingerprint density at radius 2 is 1.77 bits per heavy atom. The van der Waals surface area contributed by atoms with Gasteiger partial charge in [-0.25, -0.2) is 4.79 Å². The van der Waals surface area contributed by atoms with Gasteiger partial charge in [-0.15, -0.1) is 0 Å². The number of alkyl carbamates (subject to hydrolysis) is 1. The zero-order chi connectivity index (χ0) is 23.4. The van der Waals surface area contributed by atoms with E-state index >= 15 is 0 Å². The maximum absolute atomic E-state index is 12.5. The summed E-state index contributed by atoms with van der Waals surface area (Å²) >= 11 is 1.06. The van der Waals surface area contributed by atoms with Gasteiger partial charge in [0.05, 0.1) is 0 Å². The molecule has 0 spiro atoms. The summed E-state index contributed by atoms with van der Waals surface area (Å²) in [5, 5.41) is 5.51. The summed E-state index contributed by atoms with van der Waals surface area (Å²) in [6.45, 7) is 11.8. The van der Waals surface area contributed by atoms with Gasteiger partial charge in [-0.05, 0) is 51.2 Å². The first-order valence-corrected chi connectivity index (χ1v) is 11.5. The molecule has 1 aromatic carbocycles. The van der Waals surface area contributed by atoms with Gasteiger partial charge in [-0.1, -0.05) is 50.7 Å². The Kier molecular flexibility index (Phi) is 11.2. The van der Waals surface area contributed by atoms with Crippen molar-refractivity contribution >= 4 is 34.7 Å². The number of hydrogen-bond donors (Lipinski definition) is 4. The average Bonchev–Trinajstić information content (AvgIpc) is 2.67. The van der Waals surface area contributed by atoms with Crippen molar-refractivity contribution in [3.63, 3.8) is 0 Å². The van der Waals surface area contributed by atoms with Gasteiger partial charge in [0.25, 0.3) is 11.1 Å². The fraction of sp³-hybridized carbons (Fsp3) is 0.591. The second kappa shape index (κ2) is 13.1. The number of hydrazine groups is 1. The largest absolute Gasteiger partial charge is 0.444 e. The van der Waals surface area contributed by atoms with Crippen LogP contribution in [0.1, 0.15) is 53.5 Å². The average molecular weight is 453 g/mol. The van der Waals surface area contributed by atoms with Crippen molar-refractivity contribution in [1.29, 1.82) is 0 Å². The van der Waals surface area contributed by atoms with E-state index in [1.54, 1.807) is 20.8 Å².